The number of carbonyl (C=O) groups is 1. The fourth-order valence-corrected chi connectivity index (χ4v) is 1.91. The van der Waals surface area contributed by atoms with Gasteiger partial charge < -0.3 is 15.5 Å². The van der Waals surface area contributed by atoms with Crippen LogP contribution in [0.15, 0.2) is 34.9 Å². The minimum Gasteiger partial charge on any atom is -0.444 e. The third-order valence-electron chi connectivity index (χ3n) is 2.91. The van der Waals surface area contributed by atoms with Gasteiger partial charge in [-0.15, -0.1) is 0 Å². The van der Waals surface area contributed by atoms with Gasteiger partial charge in [-0.3, -0.25) is 4.79 Å². The maximum absolute atomic E-state index is 11.7. The summed E-state index contributed by atoms with van der Waals surface area (Å²) in [7, 11) is 0. The number of carbonyl (C=O) groups excluding carboxylic acids is 1. The highest BCUT2D eigenvalue weighted by molar-refractivity contribution is 6.30. The number of nitrogens with one attached hydrogen (secondary N) is 1. The molecule has 0 bridgehead atoms. The fourth-order valence-electron chi connectivity index (χ4n) is 1.78. The van der Waals surface area contributed by atoms with Gasteiger partial charge in [0.25, 0.3) is 0 Å². The van der Waals surface area contributed by atoms with E-state index in [0.29, 0.717) is 23.2 Å². The summed E-state index contributed by atoms with van der Waals surface area (Å²) in [5, 5.41) is 3.45. The molecule has 112 valence electrons. The zero-order valence-electron chi connectivity index (χ0n) is 11.8. The molecule has 1 aromatic carbocycles. The van der Waals surface area contributed by atoms with E-state index in [-0.39, 0.29) is 18.4 Å². The number of amides is 1. The predicted molar refractivity (Wildman–Crippen MR) is 81.9 cm³/mol. The monoisotopic (exact) mass is 307 g/mol. The molecule has 0 saturated carbocycles. The maximum Gasteiger partial charge on any atom is 0.226 e. The number of hydrogen-bond donors (Lipinski definition) is 2. The van der Waals surface area contributed by atoms with Crippen molar-refractivity contribution in [3.63, 3.8) is 0 Å². The molecule has 21 heavy (non-hydrogen) atoms. The smallest absolute Gasteiger partial charge is 0.226 e. The number of oxazole rings is 1. The molecule has 1 atom stereocenters. The standard InChI is InChI=1S/C15H18ClN3O2/c1-10(17)6-7-18-14(20)8-13-9-21-15(19-13)11-2-4-12(16)5-3-11/h2-5,9-10H,6-8,17H2,1H3,(H,18,20). The van der Waals surface area contributed by atoms with Crippen molar-refractivity contribution in [2.24, 2.45) is 5.73 Å². The topological polar surface area (TPSA) is 81.1 Å². The van der Waals surface area contributed by atoms with E-state index in [1.165, 1.54) is 6.26 Å². The number of aromatic nitrogens is 1. The van der Waals surface area contributed by atoms with Crippen molar-refractivity contribution in [2.45, 2.75) is 25.8 Å². The van der Waals surface area contributed by atoms with Crippen molar-refractivity contribution in [2.75, 3.05) is 6.54 Å². The van der Waals surface area contributed by atoms with E-state index in [4.69, 9.17) is 21.8 Å². The SMILES string of the molecule is CC(N)CCNC(=O)Cc1coc(-c2ccc(Cl)cc2)n1. The van der Waals surface area contributed by atoms with Crippen LogP contribution in [0.2, 0.25) is 5.02 Å². The third-order valence-corrected chi connectivity index (χ3v) is 3.16. The largest absolute Gasteiger partial charge is 0.444 e. The molecule has 1 heterocycles. The van der Waals surface area contributed by atoms with Gasteiger partial charge in [-0.1, -0.05) is 11.6 Å². The highest BCUT2D eigenvalue weighted by Gasteiger charge is 2.10. The first kappa shape index (κ1) is 15.5. The summed E-state index contributed by atoms with van der Waals surface area (Å²) >= 11 is 5.83. The number of nitrogens with two attached hydrogens (primary N) is 1. The van der Waals surface area contributed by atoms with Crippen LogP contribution in [0.3, 0.4) is 0 Å². The molecule has 6 heteroatoms. The van der Waals surface area contributed by atoms with E-state index in [9.17, 15) is 4.79 Å². The summed E-state index contributed by atoms with van der Waals surface area (Å²) in [6, 6.07) is 7.25. The predicted octanol–water partition coefficient (Wildman–Crippen LogP) is 2.39. The number of benzene rings is 1. The van der Waals surface area contributed by atoms with Gasteiger partial charge in [0, 0.05) is 23.2 Å². The van der Waals surface area contributed by atoms with Crippen LogP contribution >= 0.6 is 11.6 Å². The summed E-state index contributed by atoms with van der Waals surface area (Å²) in [5.41, 5.74) is 7.04. The van der Waals surface area contributed by atoms with Gasteiger partial charge in [-0.05, 0) is 37.6 Å². The Kier molecular flexibility index (Phi) is 5.36. The molecule has 1 unspecified atom stereocenters. The molecule has 3 N–H and O–H groups in total. The van der Waals surface area contributed by atoms with Crippen LogP contribution in [0.4, 0.5) is 0 Å². The molecule has 5 nitrogen and oxygen atoms in total. The van der Waals surface area contributed by atoms with E-state index in [0.717, 1.165) is 12.0 Å². The zero-order chi connectivity index (χ0) is 15.2. The molecule has 0 spiro atoms. The molecule has 1 amide bonds. The minimum atomic E-state index is -0.0911. The third kappa shape index (κ3) is 4.88. The van der Waals surface area contributed by atoms with Crippen molar-refractivity contribution in [1.29, 1.82) is 0 Å². The summed E-state index contributed by atoms with van der Waals surface area (Å²) in [4.78, 5) is 16.0. The summed E-state index contributed by atoms with van der Waals surface area (Å²) < 4.78 is 5.38. The molecule has 1 aromatic heterocycles. The molecule has 0 fully saturated rings. The average molecular weight is 308 g/mol. The number of nitrogens with zero attached hydrogens (tertiary/aromatic N) is 1. The van der Waals surface area contributed by atoms with E-state index in [1.54, 1.807) is 12.1 Å². The van der Waals surface area contributed by atoms with Crippen molar-refractivity contribution in [3.8, 4) is 11.5 Å². The highest BCUT2D eigenvalue weighted by atomic mass is 35.5. The Morgan fingerprint density at radius 2 is 2.14 bits per heavy atom. The van der Waals surface area contributed by atoms with E-state index in [2.05, 4.69) is 10.3 Å². The first-order chi connectivity index (χ1) is 10.0. The van der Waals surface area contributed by atoms with Gasteiger partial charge in [0.15, 0.2) is 0 Å². The number of rotatable bonds is 6. The van der Waals surface area contributed by atoms with Crippen LogP contribution < -0.4 is 11.1 Å². The first-order valence-corrected chi connectivity index (χ1v) is 7.15. The van der Waals surface area contributed by atoms with E-state index < -0.39 is 0 Å². The van der Waals surface area contributed by atoms with Gasteiger partial charge in [0.1, 0.15) is 6.26 Å². The Balaban J connectivity index is 1.91. The van der Waals surface area contributed by atoms with Crippen LogP contribution in [0.25, 0.3) is 11.5 Å². The lowest BCUT2D eigenvalue weighted by Gasteiger charge is -2.05. The van der Waals surface area contributed by atoms with Crippen LogP contribution in [0.1, 0.15) is 19.0 Å². The van der Waals surface area contributed by atoms with Crippen molar-refractivity contribution >= 4 is 17.5 Å². The van der Waals surface area contributed by atoms with Gasteiger partial charge in [0.2, 0.25) is 11.8 Å². The average Bonchev–Trinajstić information content (AvgIpc) is 2.87. The van der Waals surface area contributed by atoms with Crippen LogP contribution in [0, 0.1) is 0 Å². The van der Waals surface area contributed by atoms with Gasteiger partial charge >= 0.3 is 0 Å². The Morgan fingerprint density at radius 3 is 2.81 bits per heavy atom. The second-order valence-corrected chi connectivity index (χ2v) is 5.38. The summed E-state index contributed by atoms with van der Waals surface area (Å²) in [6.45, 7) is 2.47. The van der Waals surface area contributed by atoms with Crippen molar-refractivity contribution in [3.05, 3.63) is 41.2 Å². The highest BCUT2D eigenvalue weighted by Crippen LogP contribution is 2.20. The molecule has 0 aliphatic rings. The number of halogens is 1. The Bertz CT molecular complexity index is 593. The van der Waals surface area contributed by atoms with Gasteiger partial charge in [-0.2, -0.15) is 0 Å². The molecular weight excluding hydrogens is 290 g/mol. The molecule has 2 aromatic rings. The molecule has 0 radical (unpaired) electrons. The van der Waals surface area contributed by atoms with Gasteiger partial charge in [0.05, 0.1) is 12.1 Å². The Hall–Kier alpha value is -1.85. The summed E-state index contributed by atoms with van der Waals surface area (Å²) in [5.74, 6) is 0.386. The quantitative estimate of drug-likeness (QED) is 0.858. The second kappa shape index (κ2) is 7.24. The van der Waals surface area contributed by atoms with E-state index in [1.807, 2.05) is 19.1 Å². The lowest BCUT2D eigenvalue weighted by Crippen LogP contribution is -2.30. The zero-order valence-corrected chi connectivity index (χ0v) is 12.6. The normalized spacial score (nSPS) is 12.1. The van der Waals surface area contributed by atoms with Crippen molar-refractivity contribution < 1.29 is 9.21 Å². The second-order valence-electron chi connectivity index (χ2n) is 4.94. The number of hydrogen-bond acceptors (Lipinski definition) is 4. The van der Waals surface area contributed by atoms with Gasteiger partial charge in [-0.25, -0.2) is 4.98 Å². The molecular formula is C15H18ClN3O2. The Labute approximate surface area is 128 Å². The van der Waals surface area contributed by atoms with Crippen LogP contribution in [0.5, 0.6) is 0 Å². The lowest BCUT2D eigenvalue weighted by molar-refractivity contribution is -0.120. The maximum atomic E-state index is 11.7. The Morgan fingerprint density at radius 1 is 1.43 bits per heavy atom. The summed E-state index contributed by atoms with van der Waals surface area (Å²) in [6.07, 6.45) is 2.44. The fraction of sp³-hybridized carbons (Fsp3) is 0.333. The molecule has 0 saturated heterocycles. The molecule has 2 rings (SSSR count). The first-order valence-electron chi connectivity index (χ1n) is 6.77. The molecule has 0 aliphatic heterocycles. The van der Waals surface area contributed by atoms with E-state index >= 15 is 0 Å². The van der Waals surface area contributed by atoms with Crippen LogP contribution in [-0.2, 0) is 11.2 Å². The molecule has 0 aliphatic carbocycles. The minimum absolute atomic E-state index is 0.0776. The van der Waals surface area contributed by atoms with Crippen LogP contribution in [-0.4, -0.2) is 23.5 Å². The lowest BCUT2D eigenvalue weighted by atomic mass is 10.2. The van der Waals surface area contributed by atoms with Crippen molar-refractivity contribution in [1.82, 2.24) is 10.3 Å².